The van der Waals surface area contributed by atoms with Crippen LogP contribution in [0.3, 0.4) is 0 Å². The zero-order valence-corrected chi connectivity index (χ0v) is 21.0. The minimum absolute atomic E-state index is 0.279. The molecule has 0 heterocycles. The first-order valence-electron chi connectivity index (χ1n) is 11.3. The van der Waals surface area contributed by atoms with E-state index in [9.17, 15) is 9.59 Å². The van der Waals surface area contributed by atoms with Crippen LogP contribution >= 0.6 is 0 Å². The summed E-state index contributed by atoms with van der Waals surface area (Å²) < 4.78 is 21.6. The molecule has 3 aromatic carbocycles. The number of amides is 2. The Hall–Kier alpha value is -4.40. The smallest absolute Gasteiger partial charge is 0.408 e. The van der Waals surface area contributed by atoms with E-state index in [-0.39, 0.29) is 11.9 Å². The number of alkyl carbamates (subject to hydrolysis) is 1. The number of benzene rings is 3. The molecule has 0 saturated heterocycles. The number of nitrogen functional groups attached to an aromatic ring is 1. The molecule has 36 heavy (non-hydrogen) atoms. The fourth-order valence-electron chi connectivity index (χ4n) is 3.59. The van der Waals surface area contributed by atoms with Gasteiger partial charge in [-0.2, -0.15) is 0 Å². The van der Waals surface area contributed by atoms with E-state index in [0.717, 1.165) is 5.56 Å². The maximum Gasteiger partial charge on any atom is 0.408 e. The van der Waals surface area contributed by atoms with Crippen molar-refractivity contribution < 1.29 is 28.5 Å². The van der Waals surface area contributed by atoms with Gasteiger partial charge in [0.2, 0.25) is 5.75 Å². The van der Waals surface area contributed by atoms with Gasteiger partial charge in [0.05, 0.1) is 38.7 Å². The van der Waals surface area contributed by atoms with Crippen molar-refractivity contribution in [2.45, 2.75) is 26.0 Å². The van der Waals surface area contributed by atoms with Crippen molar-refractivity contribution in [2.24, 2.45) is 0 Å². The van der Waals surface area contributed by atoms with Gasteiger partial charge in [-0.05, 0) is 61.4 Å². The summed E-state index contributed by atoms with van der Waals surface area (Å²) in [6.07, 6.45) is -1.17. The number of rotatable bonds is 9. The summed E-state index contributed by atoms with van der Waals surface area (Å²) >= 11 is 0. The third kappa shape index (κ3) is 6.18. The third-order valence-electron chi connectivity index (χ3n) is 5.66. The molecule has 0 radical (unpaired) electrons. The minimum atomic E-state index is -0.592. The molecule has 0 spiro atoms. The second-order valence-corrected chi connectivity index (χ2v) is 8.04. The monoisotopic (exact) mass is 493 g/mol. The van der Waals surface area contributed by atoms with Crippen LogP contribution < -0.4 is 30.6 Å². The fraction of sp³-hybridized carbons (Fsp3) is 0.259. The van der Waals surface area contributed by atoms with Gasteiger partial charge in [0.15, 0.2) is 11.5 Å². The van der Waals surface area contributed by atoms with Gasteiger partial charge in [-0.3, -0.25) is 4.79 Å². The highest BCUT2D eigenvalue weighted by molar-refractivity contribution is 6.05. The number of hydrogen-bond acceptors (Lipinski definition) is 7. The number of para-hydroxylation sites is 2. The molecule has 0 fully saturated rings. The van der Waals surface area contributed by atoms with E-state index < -0.39 is 12.2 Å². The molecule has 0 aromatic heterocycles. The second-order valence-electron chi connectivity index (χ2n) is 8.04. The molecular weight excluding hydrogens is 462 g/mol. The van der Waals surface area contributed by atoms with Crippen LogP contribution in [-0.2, 0) is 4.74 Å². The zero-order chi connectivity index (χ0) is 26.2. The van der Waals surface area contributed by atoms with Crippen molar-refractivity contribution >= 4 is 23.4 Å². The summed E-state index contributed by atoms with van der Waals surface area (Å²) in [4.78, 5) is 25.1. The van der Waals surface area contributed by atoms with Crippen molar-refractivity contribution in [3.8, 4) is 17.2 Å². The van der Waals surface area contributed by atoms with E-state index in [0.29, 0.717) is 39.8 Å². The highest BCUT2D eigenvalue weighted by Gasteiger charge is 2.20. The van der Waals surface area contributed by atoms with Crippen molar-refractivity contribution in [2.75, 3.05) is 32.4 Å². The molecule has 0 saturated carbocycles. The molecule has 2 amide bonds. The van der Waals surface area contributed by atoms with E-state index in [1.807, 2.05) is 6.92 Å². The van der Waals surface area contributed by atoms with Gasteiger partial charge in [0.1, 0.15) is 6.10 Å². The highest BCUT2D eigenvalue weighted by Crippen LogP contribution is 2.40. The van der Waals surface area contributed by atoms with E-state index in [1.165, 1.54) is 21.3 Å². The van der Waals surface area contributed by atoms with E-state index >= 15 is 0 Å². The summed E-state index contributed by atoms with van der Waals surface area (Å²) in [6, 6.07) is 17.1. The first-order chi connectivity index (χ1) is 17.3. The lowest BCUT2D eigenvalue weighted by atomic mass is 10.1. The molecule has 0 aliphatic heterocycles. The normalized spacial score (nSPS) is 12.1. The SMILES string of the molecule is COc1cc([C@H](C)OC(=O)N[C@@H](C)c2ccc(C(=O)Nc3ccccc3N)cc2)cc(OC)c1OC. The molecule has 9 heteroatoms. The van der Waals surface area contributed by atoms with Crippen LogP contribution in [0.25, 0.3) is 0 Å². The zero-order valence-electron chi connectivity index (χ0n) is 21.0. The number of nitrogens with two attached hydrogens (primary N) is 1. The van der Waals surface area contributed by atoms with Crippen LogP contribution in [-0.4, -0.2) is 33.3 Å². The first kappa shape index (κ1) is 26.2. The van der Waals surface area contributed by atoms with Crippen LogP contribution in [0.5, 0.6) is 17.2 Å². The number of carbonyl (C=O) groups excluding carboxylic acids is 2. The van der Waals surface area contributed by atoms with Gasteiger partial charge in [0, 0.05) is 5.56 Å². The van der Waals surface area contributed by atoms with Crippen molar-refractivity contribution in [3.05, 3.63) is 77.4 Å². The number of methoxy groups -OCH3 is 3. The molecule has 0 aliphatic carbocycles. The van der Waals surface area contributed by atoms with Gasteiger partial charge < -0.3 is 35.3 Å². The maximum atomic E-state index is 12.6. The lowest BCUT2D eigenvalue weighted by molar-refractivity contribution is 0.102. The average Bonchev–Trinajstić information content (AvgIpc) is 2.88. The van der Waals surface area contributed by atoms with Gasteiger partial charge in [0.25, 0.3) is 5.91 Å². The summed E-state index contributed by atoms with van der Waals surface area (Å²) in [5, 5.41) is 5.60. The van der Waals surface area contributed by atoms with E-state index in [2.05, 4.69) is 10.6 Å². The van der Waals surface area contributed by atoms with Gasteiger partial charge in [-0.1, -0.05) is 24.3 Å². The molecule has 4 N–H and O–H groups in total. The standard InChI is InChI=1S/C27H31N3O6/c1-16(18-10-12-19(13-11-18)26(31)30-22-9-7-6-8-21(22)28)29-27(32)36-17(2)20-14-23(33-3)25(35-5)24(15-20)34-4/h6-17H,28H2,1-5H3,(H,29,32)(H,30,31)/t16-,17-/m0/s1. The summed E-state index contributed by atoms with van der Waals surface area (Å²) in [6.45, 7) is 3.57. The Bertz CT molecular complexity index is 1190. The quantitative estimate of drug-likeness (QED) is 0.355. The van der Waals surface area contributed by atoms with Crippen molar-refractivity contribution in [1.82, 2.24) is 5.32 Å². The van der Waals surface area contributed by atoms with Crippen LogP contribution in [0.2, 0.25) is 0 Å². The topological polar surface area (TPSA) is 121 Å². The Morgan fingerprint density at radius 2 is 1.44 bits per heavy atom. The Morgan fingerprint density at radius 1 is 0.833 bits per heavy atom. The van der Waals surface area contributed by atoms with E-state index in [1.54, 1.807) is 67.6 Å². The van der Waals surface area contributed by atoms with Crippen LogP contribution in [0.15, 0.2) is 60.7 Å². The fourth-order valence-corrected chi connectivity index (χ4v) is 3.59. The predicted octanol–water partition coefficient (Wildman–Crippen LogP) is 5.10. The van der Waals surface area contributed by atoms with Gasteiger partial charge in [-0.15, -0.1) is 0 Å². The summed E-state index contributed by atoms with van der Waals surface area (Å²) in [5.74, 6) is 1.11. The Kier molecular flexibility index (Phi) is 8.61. The Morgan fingerprint density at radius 3 is 2.00 bits per heavy atom. The molecular formula is C27H31N3O6. The second kappa shape index (κ2) is 11.8. The lowest BCUT2D eigenvalue weighted by Gasteiger charge is -2.20. The van der Waals surface area contributed by atoms with Gasteiger partial charge in [-0.25, -0.2) is 4.79 Å². The number of carbonyl (C=O) groups is 2. The average molecular weight is 494 g/mol. The lowest BCUT2D eigenvalue weighted by Crippen LogP contribution is -2.28. The third-order valence-corrected chi connectivity index (χ3v) is 5.66. The number of hydrogen-bond donors (Lipinski definition) is 3. The largest absolute Gasteiger partial charge is 0.493 e. The Labute approximate surface area is 210 Å². The minimum Gasteiger partial charge on any atom is -0.493 e. The van der Waals surface area contributed by atoms with Crippen molar-refractivity contribution in [3.63, 3.8) is 0 Å². The molecule has 2 atom stereocenters. The highest BCUT2D eigenvalue weighted by atomic mass is 16.6. The molecule has 0 bridgehead atoms. The van der Waals surface area contributed by atoms with Gasteiger partial charge >= 0.3 is 6.09 Å². The van der Waals surface area contributed by atoms with Crippen LogP contribution in [0.4, 0.5) is 16.2 Å². The molecule has 0 unspecified atom stereocenters. The summed E-state index contributed by atoms with van der Waals surface area (Å²) in [5.41, 5.74) is 8.87. The molecule has 9 nitrogen and oxygen atoms in total. The Balaban J connectivity index is 1.61. The summed E-state index contributed by atoms with van der Waals surface area (Å²) in [7, 11) is 4.56. The molecule has 3 rings (SSSR count). The predicted molar refractivity (Wildman–Crippen MR) is 138 cm³/mol. The van der Waals surface area contributed by atoms with Crippen LogP contribution in [0.1, 0.15) is 47.5 Å². The van der Waals surface area contributed by atoms with Crippen molar-refractivity contribution in [1.29, 1.82) is 0 Å². The number of nitrogens with one attached hydrogen (secondary N) is 2. The van der Waals surface area contributed by atoms with Crippen LogP contribution in [0, 0.1) is 0 Å². The van der Waals surface area contributed by atoms with E-state index in [4.69, 9.17) is 24.7 Å². The maximum absolute atomic E-state index is 12.6. The molecule has 0 aliphatic rings. The first-order valence-corrected chi connectivity index (χ1v) is 11.3. The number of anilines is 2. The molecule has 3 aromatic rings. The molecule has 190 valence electrons. The number of ether oxygens (including phenoxy) is 4.